The summed E-state index contributed by atoms with van der Waals surface area (Å²) < 4.78 is 6.01. The number of methoxy groups -OCH3 is 1. The molecule has 0 aromatic heterocycles. The first-order chi connectivity index (χ1) is 22.2. The van der Waals surface area contributed by atoms with Gasteiger partial charge in [-0.1, -0.05) is 83.4 Å². The lowest BCUT2D eigenvalue weighted by Crippen LogP contribution is -2.74. The van der Waals surface area contributed by atoms with Crippen molar-refractivity contribution in [1.29, 1.82) is 0 Å². The molecule has 46 heavy (non-hydrogen) atoms. The fraction of sp³-hybridized carbons (Fsp3) is 0.432. The van der Waals surface area contributed by atoms with Crippen LogP contribution in [0.15, 0.2) is 77.9 Å². The number of carbonyl (C=O) groups is 1. The summed E-state index contributed by atoms with van der Waals surface area (Å²) in [5.74, 6) is -0.817. The Morgan fingerprint density at radius 3 is 2.24 bits per heavy atom. The second-order valence-electron chi connectivity index (χ2n) is 13.1. The predicted molar refractivity (Wildman–Crippen MR) is 172 cm³/mol. The molecule has 9 heteroatoms. The van der Waals surface area contributed by atoms with Gasteiger partial charge < -0.3 is 14.7 Å². The molecule has 2 heterocycles. The number of ketones is 1. The molecule has 3 aliphatic carbocycles. The Kier molecular flexibility index (Phi) is 8.03. The number of benzene rings is 3. The maximum absolute atomic E-state index is 12.3. The monoisotopic (exact) mass is 644 g/mol. The van der Waals surface area contributed by atoms with Gasteiger partial charge in [0.25, 0.3) is 5.79 Å². The highest BCUT2D eigenvalue weighted by molar-refractivity contribution is 6.31. The summed E-state index contributed by atoms with van der Waals surface area (Å²) in [6.07, 6.45) is 9.43. The molecule has 5 aliphatic rings. The molecule has 4 atom stereocenters. The van der Waals surface area contributed by atoms with Crippen LogP contribution in [0.25, 0.3) is 0 Å². The quantitative estimate of drug-likeness (QED) is 0.175. The number of fused-ring (bicyclic) bond motifs is 3. The zero-order valence-electron chi connectivity index (χ0n) is 26.4. The first-order valence-corrected chi connectivity index (χ1v) is 16.5. The van der Waals surface area contributed by atoms with Crippen LogP contribution >= 0.6 is 11.6 Å². The molecule has 2 fully saturated rings. The van der Waals surface area contributed by atoms with Crippen molar-refractivity contribution in [3.05, 3.63) is 99.6 Å². The highest BCUT2D eigenvalue weighted by Gasteiger charge is 2.75. The van der Waals surface area contributed by atoms with Crippen molar-refractivity contribution in [3.8, 4) is 5.75 Å². The second kappa shape index (κ2) is 11.8. The molecule has 2 bridgehead atoms. The van der Waals surface area contributed by atoms with Gasteiger partial charge in [0.2, 0.25) is 5.60 Å². The molecule has 1 saturated carbocycles. The van der Waals surface area contributed by atoms with Crippen molar-refractivity contribution >= 4 is 28.8 Å². The minimum absolute atomic E-state index is 0.204. The largest absolute Gasteiger partial charge is 0.871 e. The first-order valence-electron chi connectivity index (χ1n) is 16.1. The lowest BCUT2D eigenvalue weighted by Gasteiger charge is -2.65. The molecule has 242 valence electrons. The number of ether oxygens (including phenoxy) is 1. The number of anilines is 2. The molecule has 0 amide bonds. The van der Waals surface area contributed by atoms with E-state index in [1.807, 2.05) is 54.4 Å². The maximum Gasteiger partial charge on any atom is 0.260 e. The Balaban J connectivity index is 0.000000152. The fourth-order valence-electron chi connectivity index (χ4n) is 8.99. The smallest absolute Gasteiger partial charge is 0.260 e. The minimum Gasteiger partial charge on any atom is -0.871 e. The molecule has 0 radical (unpaired) electrons. The van der Waals surface area contributed by atoms with Crippen LogP contribution < -0.4 is 10.0 Å². The standard InChI is InChI=1S/C21H25ClO4.C16H15NO3/c1-24-21(15-9-10-18(22)19(23)12-15)20(25-26-21)14-6-4-8-17(20)16-7-3-2-5-13(16)11-14;1-11(18)16(20-19)12-7-3-5-9-14(12)17(2)15-10-6-4-8-13(15)16/h9-10,12,14,17,23H,2-8,11H2,1H3;3-10,19H,1-2H3/p-1. The lowest BCUT2D eigenvalue weighted by atomic mass is 9.53. The van der Waals surface area contributed by atoms with Crippen LogP contribution in [0.2, 0.25) is 5.02 Å². The van der Waals surface area contributed by atoms with Gasteiger partial charge in [-0.2, -0.15) is 4.89 Å². The minimum atomic E-state index is -1.46. The lowest BCUT2D eigenvalue weighted by molar-refractivity contribution is -0.639. The Morgan fingerprint density at radius 2 is 1.65 bits per heavy atom. The van der Waals surface area contributed by atoms with Crippen molar-refractivity contribution in [2.75, 3.05) is 19.1 Å². The normalized spacial score (nSPS) is 28.7. The van der Waals surface area contributed by atoms with Crippen LogP contribution in [0.4, 0.5) is 11.4 Å². The van der Waals surface area contributed by atoms with Gasteiger partial charge in [-0.25, -0.2) is 9.78 Å². The highest BCUT2D eigenvalue weighted by Crippen LogP contribution is 2.67. The molecule has 4 unspecified atom stereocenters. The van der Waals surface area contributed by atoms with E-state index in [0.717, 1.165) is 42.6 Å². The van der Waals surface area contributed by atoms with Gasteiger partial charge in [0, 0.05) is 59.1 Å². The van der Waals surface area contributed by atoms with Crippen LogP contribution in [0.3, 0.4) is 0 Å². The van der Waals surface area contributed by atoms with Gasteiger partial charge in [0.05, 0.1) is 0 Å². The van der Waals surface area contributed by atoms with Crippen LogP contribution in [0, 0.1) is 11.8 Å². The number of rotatable bonds is 4. The molecule has 3 aromatic carbocycles. The second-order valence-corrected chi connectivity index (χ2v) is 13.5. The molecule has 1 saturated heterocycles. The van der Waals surface area contributed by atoms with Crippen molar-refractivity contribution in [1.82, 2.24) is 0 Å². The number of carbonyl (C=O) groups excluding carboxylic acids is 1. The number of para-hydroxylation sites is 2. The van der Waals surface area contributed by atoms with E-state index in [4.69, 9.17) is 31.0 Å². The van der Waals surface area contributed by atoms with Gasteiger partial charge in [0.1, 0.15) is 0 Å². The number of halogens is 1. The average Bonchev–Trinajstić information content (AvgIpc) is 3.07. The Bertz CT molecular complexity index is 1650. The van der Waals surface area contributed by atoms with Crippen LogP contribution in [0.5, 0.6) is 5.75 Å². The van der Waals surface area contributed by atoms with E-state index in [1.165, 1.54) is 32.6 Å². The average molecular weight is 645 g/mol. The topological polar surface area (TPSA) is 101 Å². The van der Waals surface area contributed by atoms with Gasteiger partial charge in [-0.3, -0.25) is 10.1 Å². The van der Waals surface area contributed by atoms with Crippen LogP contribution in [-0.2, 0) is 35.6 Å². The molecule has 3 aromatic rings. The molecule has 1 spiro atoms. The Morgan fingerprint density at radius 1 is 0.978 bits per heavy atom. The molecular weight excluding hydrogens is 606 g/mol. The van der Waals surface area contributed by atoms with E-state index >= 15 is 0 Å². The third-order valence-electron chi connectivity index (χ3n) is 11.0. The van der Waals surface area contributed by atoms with Gasteiger partial charge in [-0.15, -0.1) is 0 Å². The van der Waals surface area contributed by atoms with E-state index in [9.17, 15) is 15.2 Å². The number of hydrogen-bond acceptors (Lipinski definition) is 8. The third kappa shape index (κ3) is 4.28. The number of Topliss-reactive ketones (excluding diaryl/α,β-unsaturated/α-hetero) is 1. The Labute approximate surface area is 274 Å². The van der Waals surface area contributed by atoms with Gasteiger partial charge >= 0.3 is 0 Å². The van der Waals surface area contributed by atoms with Crippen molar-refractivity contribution < 1.29 is 34.6 Å². The number of nitrogens with zero attached hydrogens (tertiary/aromatic N) is 1. The Hall–Kier alpha value is -3.24. The van der Waals surface area contributed by atoms with E-state index in [-0.39, 0.29) is 16.6 Å². The predicted octanol–water partition coefficient (Wildman–Crippen LogP) is 7.69. The first kappa shape index (κ1) is 31.4. The van der Waals surface area contributed by atoms with Crippen LogP contribution in [0.1, 0.15) is 75.0 Å². The molecule has 8 rings (SSSR count). The molecular formula is C37H39ClNO7-. The molecule has 2 aliphatic heterocycles. The van der Waals surface area contributed by atoms with Crippen molar-refractivity contribution in [2.45, 2.75) is 75.3 Å². The van der Waals surface area contributed by atoms with Crippen molar-refractivity contribution in [3.63, 3.8) is 0 Å². The van der Waals surface area contributed by atoms with E-state index in [0.29, 0.717) is 23.0 Å². The molecule has 1 N–H and O–H groups in total. The third-order valence-corrected chi connectivity index (χ3v) is 11.4. The number of allylic oxidation sites excluding steroid dienone is 1. The van der Waals surface area contributed by atoms with E-state index in [1.54, 1.807) is 42.5 Å². The summed E-state index contributed by atoms with van der Waals surface area (Å²) in [7, 11) is 3.59. The summed E-state index contributed by atoms with van der Waals surface area (Å²) in [6, 6.07) is 19.9. The summed E-state index contributed by atoms with van der Waals surface area (Å²) >= 11 is 5.97. The molecule has 8 nitrogen and oxygen atoms in total. The van der Waals surface area contributed by atoms with Gasteiger partial charge in [-0.05, 0) is 70.1 Å². The zero-order chi connectivity index (χ0) is 32.3. The van der Waals surface area contributed by atoms with E-state index < -0.39 is 17.0 Å². The summed E-state index contributed by atoms with van der Waals surface area (Å²) in [5.41, 5.74) is 4.94. The zero-order valence-corrected chi connectivity index (χ0v) is 27.1. The summed E-state index contributed by atoms with van der Waals surface area (Å²) in [5, 5.41) is 22.0. The maximum atomic E-state index is 12.3. The fourth-order valence-corrected chi connectivity index (χ4v) is 9.10. The summed E-state index contributed by atoms with van der Waals surface area (Å²) in [6.45, 7) is 1.43. The highest BCUT2D eigenvalue weighted by atomic mass is 35.5. The SMILES string of the molecule is CC(=O)C1(OO)c2ccccc2N(C)c2ccccc21.COC1(c2ccc(Cl)c([O-])c2)OOC12C1CCCC2C2=C(CCCC2)C1. The van der Waals surface area contributed by atoms with E-state index in [2.05, 4.69) is 0 Å². The summed E-state index contributed by atoms with van der Waals surface area (Å²) in [4.78, 5) is 30.8. The van der Waals surface area contributed by atoms with Gasteiger partial charge in [0.15, 0.2) is 11.4 Å². The van der Waals surface area contributed by atoms with Crippen molar-refractivity contribution in [2.24, 2.45) is 11.8 Å². The number of hydrogen-bond donors (Lipinski definition) is 1. The van der Waals surface area contributed by atoms with Crippen LogP contribution in [-0.4, -0.2) is 30.8 Å².